The van der Waals surface area contributed by atoms with Crippen molar-refractivity contribution >= 4 is 21.4 Å². The monoisotopic (exact) mass is 316 g/mol. The molecule has 2 atom stereocenters. The highest BCUT2D eigenvalue weighted by Gasteiger charge is 2.33. The average Bonchev–Trinajstić information content (AvgIpc) is 2.91. The van der Waals surface area contributed by atoms with Crippen LogP contribution in [-0.4, -0.2) is 21.0 Å². The summed E-state index contributed by atoms with van der Waals surface area (Å²) in [5.41, 5.74) is 0. The minimum atomic E-state index is -3.35. The number of sulfonamides is 1. The van der Waals surface area contributed by atoms with Crippen LogP contribution in [0.2, 0.25) is 0 Å². The van der Waals surface area contributed by atoms with Crippen LogP contribution in [0.1, 0.15) is 36.9 Å². The first kappa shape index (κ1) is 15.9. The SMILES string of the molecule is Cc1sc(CNC(C)C)cc1S(=O)(=O)NCC1CC1C. The van der Waals surface area contributed by atoms with Crippen LogP contribution in [0.25, 0.3) is 0 Å². The van der Waals surface area contributed by atoms with Crippen molar-refractivity contribution in [2.45, 2.75) is 51.6 Å². The summed E-state index contributed by atoms with van der Waals surface area (Å²) in [6, 6.07) is 2.19. The van der Waals surface area contributed by atoms with Gasteiger partial charge in [0.15, 0.2) is 0 Å². The van der Waals surface area contributed by atoms with Crippen LogP contribution >= 0.6 is 11.3 Å². The number of aryl methyl sites for hydroxylation is 1. The molecular formula is C14H24N2O2S2. The van der Waals surface area contributed by atoms with Gasteiger partial charge in [0.05, 0.1) is 4.90 Å². The second-order valence-electron chi connectivity index (χ2n) is 5.99. The summed E-state index contributed by atoms with van der Waals surface area (Å²) in [6.45, 7) is 9.48. The molecule has 0 aliphatic heterocycles. The summed E-state index contributed by atoms with van der Waals surface area (Å²) in [4.78, 5) is 2.37. The largest absolute Gasteiger partial charge is 0.310 e. The van der Waals surface area contributed by atoms with Crippen LogP contribution in [-0.2, 0) is 16.6 Å². The lowest BCUT2D eigenvalue weighted by atomic mass is 10.3. The fourth-order valence-electron chi connectivity index (χ4n) is 2.16. The van der Waals surface area contributed by atoms with E-state index in [4.69, 9.17) is 0 Å². The van der Waals surface area contributed by atoms with E-state index in [9.17, 15) is 8.42 Å². The second-order valence-corrected chi connectivity index (χ2v) is 9.07. The Morgan fingerprint density at radius 3 is 2.65 bits per heavy atom. The third-order valence-corrected chi connectivity index (χ3v) is 6.44. The molecule has 0 aromatic carbocycles. The molecule has 1 heterocycles. The van der Waals surface area contributed by atoms with Crippen molar-refractivity contribution in [2.24, 2.45) is 11.8 Å². The van der Waals surface area contributed by atoms with Gasteiger partial charge in [0, 0.05) is 28.9 Å². The van der Waals surface area contributed by atoms with Crippen molar-refractivity contribution in [3.8, 4) is 0 Å². The van der Waals surface area contributed by atoms with Gasteiger partial charge < -0.3 is 5.32 Å². The van der Waals surface area contributed by atoms with Crippen LogP contribution in [0.4, 0.5) is 0 Å². The molecule has 0 spiro atoms. The van der Waals surface area contributed by atoms with E-state index in [1.165, 1.54) is 0 Å². The van der Waals surface area contributed by atoms with Gasteiger partial charge in [-0.1, -0.05) is 20.8 Å². The van der Waals surface area contributed by atoms with Crippen molar-refractivity contribution in [3.05, 3.63) is 15.8 Å². The second kappa shape index (κ2) is 6.13. The van der Waals surface area contributed by atoms with E-state index >= 15 is 0 Å². The molecule has 4 nitrogen and oxygen atoms in total. The lowest BCUT2D eigenvalue weighted by Crippen LogP contribution is -2.26. The molecule has 1 aromatic rings. The molecule has 1 aliphatic carbocycles. The summed E-state index contributed by atoms with van der Waals surface area (Å²) in [5, 5.41) is 3.31. The van der Waals surface area contributed by atoms with Gasteiger partial charge in [0.1, 0.15) is 0 Å². The lowest BCUT2D eigenvalue weighted by Gasteiger charge is -2.06. The van der Waals surface area contributed by atoms with E-state index in [1.807, 2.05) is 6.92 Å². The van der Waals surface area contributed by atoms with Gasteiger partial charge in [0.2, 0.25) is 10.0 Å². The van der Waals surface area contributed by atoms with Gasteiger partial charge in [-0.25, -0.2) is 13.1 Å². The van der Waals surface area contributed by atoms with Crippen molar-refractivity contribution in [1.82, 2.24) is 10.0 Å². The van der Waals surface area contributed by atoms with Gasteiger partial charge >= 0.3 is 0 Å². The first-order valence-corrected chi connectivity index (χ1v) is 9.42. The number of hydrogen-bond acceptors (Lipinski definition) is 4. The minimum Gasteiger partial charge on any atom is -0.310 e. The van der Waals surface area contributed by atoms with E-state index in [0.29, 0.717) is 29.3 Å². The fraction of sp³-hybridized carbons (Fsp3) is 0.714. The Morgan fingerprint density at radius 2 is 2.10 bits per heavy atom. The Morgan fingerprint density at radius 1 is 1.45 bits per heavy atom. The van der Waals surface area contributed by atoms with Crippen molar-refractivity contribution in [2.75, 3.05) is 6.54 Å². The zero-order valence-electron chi connectivity index (χ0n) is 12.6. The Balaban J connectivity index is 2.02. The number of thiophene rings is 1. The molecule has 2 N–H and O–H groups in total. The molecule has 2 rings (SSSR count). The van der Waals surface area contributed by atoms with Crippen LogP contribution in [0, 0.1) is 18.8 Å². The topological polar surface area (TPSA) is 58.2 Å². The molecule has 1 aliphatic rings. The van der Waals surface area contributed by atoms with Crippen LogP contribution in [0.5, 0.6) is 0 Å². The Bertz CT molecular complexity index is 564. The van der Waals surface area contributed by atoms with Gasteiger partial charge in [-0.15, -0.1) is 11.3 Å². The van der Waals surface area contributed by atoms with Crippen LogP contribution < -0.4 is 10.0 Å². The molecule has 2 unspecified atom stereocenters. The summed E-state index contributed by atoms with van der Waals surface area (Å²) < 4.78 is 27.4. The molecule has 1 aromatic heterocycles. The molecule has 1 fully saturated rings. The van der Waals surface area contributed by atoms with Gasteiger partial charge in [-0.3, -0.25) is 0 Å². The molecule has 114 valence electrons. The maximum absolute atomic E-state index is 12.3. The Hall–Kier alpha value is -0.430. The normalized spacial score (nSPS) is 22.4. The fourth-order valence-corrected chi connectivity index (χ4v) is 4.84. The highest BCUT2D eigenvalue weighted by atomic mass is 32.2. The zero-order chi connectivity index (χ0) is 14.9. The van der Waals surface area contributed by atoms with E-state index in [0.717, 1.165) is 22.7 Å². The van der Waals surface area contributed by atoms with E-state index in [1.54, 1.807) is 17.4 Å². The molecule has 0 bridgehead atoms. The Labute approximate surface area is 126 Å². The highest BCUT2D eigenvalue weighted by molar-refractivity contribution is 7.89. The number of rotatable bonds is 7. The van der Waals surface area contributed by atoms with Crippen molar-refractivity contribution in [3.63, 3.8) is 0 Å². The minimum absolute atomic E-state index is 0.395. The first-order valence-electron chi connectivity index (χ1n) is 7.12. The van der Waals surface area contributed by atoms with Gasteiger partial charge in [-0.2, -0.15) is 0 Å². The third kappa shape index (κ3) is 4.04. The third-order valence-electron chi connectivity index (χ3n) is 3.71. The zero-order valence-corrected chi connectivity index (χ0v) is 14.2. The van der Waals surface area contributed by atoms with Crippen LogP contribution in [0.3, 0.4) is 0 Å². The van der Waals surface area contributed by atoms with E-state index < -0.39 is 10.0 Å². The standard InChI is InChI=1S/C14H24N2O2S2/c1-9(2)15-8-13-6-14(11(4)19-13)20(17,18)16-7-12-5-10(12)3/h6,9-10,12,15-16H,5,7-8H2,1-4H3. The molecule has 0 saturated heterocycles. The maximum atomic E-state index is 12.3. The highest BCUT2D eigenvalue weighted by Crippen LogP contribution is 2.37. The molecule has 0 amide bonds. The van der Waals surface area contributed by atoms with Crippen molar-refractivity contribution < 1.29 is 8.42 Å². The first-order chi connectivity index (χ1) is 9.29. The van der Waals surface area contributed by atoms with E-state index in [-0.39, 0.29) is 0 Å². The maximum Gasteiger partial charge on any atom is 0.241 e. The molecular weight excluding hydrogens is 292 g/mol. The molecule has 0 radical (unpaired) electrons. The summed E-state index contributed by atoms with van der Waals surface area (Å²) in [6.07, 6.45) is 1.13. The predicted octanol–water partition coefficient (Wildman–Crippen LogP) is 2.49. The average molecular weight is 316 g/mol. The summed E-state index contributed by atoms with van der Waals surface area (Å²) in [7, 11) is -3.35. The van der Waals surface area contributed by atoms with Gasteiger partial charge in [-0.05, 0) is 31.2 Å². The predicted molar refractivity (Wildman–Crippen MR) is 83.5 cm³/mol. The van der Waals surface area contributed by atoms with Gasteiger partial charge in [0.25, 0.3) is 0 Å². The van der Waals surface area contributed by atoms with Crippen molar-refractivity contribution in [1.29, 1.82) is 0 Å². The summed E-state index contributed by atoms with van der Waals surface area (Å²) >= 11 is 1.55. The smallest absolute Gasteiger partial charge is 0.241 e. The van der Waals surface area contributed by atoms with Crippen LogP contribution in [0.15, 0.2) is 11.0 Å². The molecule has 20 heavy (non-hydrogen) atoms. The Kier molecular flexibility index (Phi) is 4.89. The summed E-state index contributed by atoms with van der Waals surface area (Å²) in [5.74, 6) is 1.18. The quantitative estimate of drug-likeness (QED) is 0.812. The lowest BCUT2D eigenvalue weighted by molar-refractivity contribution is 0.574. The van der Waals surface area contributed by atoms with E-state index in [2.05, 4.69) is 30.8 Å². The molecule has 6 heteroatoms. The number of nitrogens with one attached hydrogen (secondary N) is 2. The molecule has 1 saturated carbocycles. The number of hydrogen-bond donors (Lipinski definition) is 2.